The molecule has 0 saturated carbocycles. The van der Waals surface area contributed by atoms with E-state index in [4.69, 9.17) is 4.74 Å². The summed E-state index contributed by atoms with van der Waals surface area (Å²) in [5.74, 6) is 2.43. The first-order valence-electron chi connectivity index (χ1n) is 7.77. The van der Waals surface area contributed by atoms with Crippen molar-refractivity contribution in [3.05, 3.63) is 30.3 Å². The molecule has 1 aromatic heterocycles. The van der Waals surface area contributed by atoms with Crippen LogP contribution in [0.15, 0.2) is 30.3 Å². The summed E-state index contributed by atoms with van der Waals surface area (Å²) in [4.78, 5) is 5.13. The summed E-state index contributed by atoms with van der Waals surface area (Å²) in [6.45, 7) is 4.54. The van der Waals surface area contributed by atoms with Crippen molar-refractivity contribution in [2.75, 3.05) is 45.2 Å². The predicted octanol–water partition coefficient (Wildman–Crippen LogP) is -7.42. The Morgan fingerprint density at radius 2 is 1.68 bits per heavy atom. The Hall–Kier alpha value is -1.64. The van der Waals surface area contributed by atoms with Crippen molar-refractivity contribution >= 4 is 17.2 Å². The lowest BCUT2D eigenvalue weighted by atomic mass is 10.2. The van der Waals surface area contributed by atoms with Gasteiger partial charge in [-0.15, -0.1) is 5.10 Å². The van der Waals surface area contributed by atoms with Gasteiger partial charge in [0, 0.05) is 7.05 Å². The molecule has 4 rings (SSSR count). The maximum atomic E-state index is 5.88. The van der Waals surface area contributed by atoms with E-state index in [1.165, 1.54) is 18.0 Å². The Labute approximate surface area is 159 Å². The van der Waals surface area contributed by atoms with Crippen LogP contribution in [0, 0.1) is 0 Å². The van der Waals surface area contributed by atoms with Crippen LogP contribution in [-0.2, 0) is 0 Å². The van der Waals surface area contributed by atoms with Gasteiger partial charge in [-0.3, -0.25) is 4.90 Å². The number of halogens is 2. The fourth-order valence-electron chi connectivity index (χ4n) is 3.15. The van der Waals surface area contributed by atoms with Gasteiger partial charge in [0.25, 0.3) is 5.88 Å². The maximum Gasteiger partial charge on any atom is 0.263 e. The highest BCUT2D eigenvalue weighted by molar-refractivity contribution is 5.76. The van der Waals surface area contributed by atoms with Crippen molar-refractivity contribution in [2.24, 2.45) is 0 Å². The maximum absolute atomic E-state index is 5.88. The summed E-state index contributed by atoms with van der Waals surface area (Å²) >= 11 is 0. The van der Waals surface area contributed by atoms with E-state index in [1.807, 2.05) is 18.2 Å². The molecule has 3 heterocycles. The SMILES string of the molecule is CN1c2ccccc2Oc2nnc([NH+]3CC[NH+](C)CC3)cc21.O.[Cl-].[Cl-]. The summed E-state index contributed by atoms with van der Waals surface area (Å²) in [5, 5.41) is 8.72. The second-order valence-electron chi connectivity index (χ2n) is 6.11. The van der Waals surface area contributed by atoms with Crippen LogP contribution in [0.2, 0.25) is 0 Å². The van der Waals surface area contributed by atoms with E-state index in [0.29, 0.717) is 5.88 Å². The van der Waals surface area contributed by atoms with Crippen LogP contribution in [0.5, 0.6) is 11.6 Å². The van der Waals surface area contributed by atoms with Crippen molar-refractivity contribution in [3.8, 4) is 11.6 Å². The molecule has 1 saturated heterocycles. The smallest absolute Gasteiger partial charge is 0.263 e. The fourth-order valence-corrected chi connectivity index (χ4v) is 3.15. The number of likely N-dealkylation sites (N-methyl/N-ethyl adjacent to an activating group) is 1. The second kappa shape index (κ2) is 8.64. The number of aromatic nitrogens is 2. The average molecular weight is 388 g/mol. The van der Waals surface area contributed by atoms with Crippen LogP contribution in [-0.4, -0.2) is 55.9 Å². The summed E-state index contributed by atoms with van der Waals surface area (Å²) < 4.78 is 5.88. The van der Waals surface area contributed by atoms with Crippen LogP contribution >= 0.6 is 0 Å². The molecular weight excluding hydrogens is 365 g/mol. The zero-order valence-electron chi connectivity index (χ0n) is 14.2. The number of hydrogen-bond donors (Lipinski definition) is 2. The first kappa shape index (κ1) is 21.4. The molecule has 0 amide bonds. The monoisotopic (exact) mass is 387 g/mol. The van der Waals surface area contributed by atoms with E-state index in [0.717, 1.165) is 36.0 Å². The van der Waals surface area contributed by atoms with Crippen LogP contribution in [0.4, 0.5) is 17.2 Å². The Kier molecular flexibility index (Phi) is 7.40. The van der Waals surface area contributed by atoms with E-state index >= 15 is 0 Å². The van der Waals surface area contributed by atoms with Crippen LogP contribution in [0.25, 0.3) is 0 Å². The number of hydrogen-bond acceptors (Lipinski definition) is 4. The molecular formula is C16H23Cl2N5O2. The zero-order chi connectivity index (χ0) is 15.1. The van der Waals surface area contributed by atoms with Gasteiger partial charge in [0.1, 0.15) is 31.9 Å². The summed E-state index contributed by atoms with van der Waals surface area (Å²) in [6.07, 6.45) is 0. The number of benzene rings is 1. The molecule has 0 radical (unpaired) electrons. The molecule has 0 atom stereocenters. The number of anilines is 2. The third kappa shape index (κ3) is 3.96. The van der Waals surface area contributed by atoms with Gasteiger partial charge in [0.2, 0.25) is 5.82 Å². The van der Waals surface area contributed by atoms with Gasteiger partial charge in [-0.1, -0.05) is 17.2 Å². The molecule has 7 nitrogen and oxygen atoms in total. The molecule has 0 bridgehead atoms. The van der Waals surface area contributed by atoms with Crippen LogP contribution < -0.4 is 44.3 Å². The lowest BCUT2D eigenvalue weighted by Crippen LogP contribution is -3.25. The minimum atomic E-state index is 0. The van der Waals surface area contributed by atoms with Crippen LogP contribution in [0.3, 0.4) is 0 Å². The van der Waals surface area contributed by atoms with Crippen molar-refractivity contribution in [2.45, 2.75) is 0 Å². The molecule has 0 spiro atoms. The molecule has 0 aliphatic carbocycles. The number of rotatable bonds is 1. The van der Waals surface area contributed by atoms with E-state index in [2.05, 4.69) is 41.3 Å². The molecule has 1 fully saturated rings. The average Bonchev–Trinajstić information content (AvgIpc) is 2.56. The minimum absolute atomic E-state index is 0. The Morgan fingerprint density at radius 1 is 1.00 bits per heavy atom. The largest absolute Gasteiger partial charge is 1.00 e. The Bertz CT molecular complexity index is 711. The summed E-state index contributed by atoms with van der Waals surface area (Å²) in [5.41, 5.74) is 2.05. The van der Waals surface area contributed by atoms with E-state index < -0.39 is 0 Å². The lowest BCUT2D eigenvalue weighted by Gasteiger charge is -2.30. The lowest BCUT2D eigenvalue weighted by molar-refractivity contribution is -0.976. The van der Waals surface area contributed by atoms with Crippen LogP contribution in [0.1, 0.15) is 0 Å². The van der Waals surface area contributed by atoms with E-state index in [9.17, 15) is 0 Å². The molecule has 25 heavy (non-hydrogen) atoms. The number of nitrogens with one attached hydrogen (secondary N) is 2. The molecule has 138 valence electrons. The Morgan fingerprint density at radius 3 is 2.40 bits per heavy atom. The van der Waals surface area contributed by atoms with Gasteiger partial charge in [0.15, 0.2) is 5.75 Å². The molecule has 2 aliphatic rings. The molecule has 9 heteroatoms. The number of ether oxygens (including phenoxy) is 1. The molecule has 2 aromatic rings. The number of quaternary nitrogens is 2. The third-order valence-electron chi connectivity index (χ3n) is 4.61. The minimum Gasteiger partial charge on any atom is -1.00 e. The van der Waals surface area contributed by atoms with Crippen molar-refractivity contribution in [1.29, 1.82) is 0 Å². The van der Waals surface area contributed by atoms with Crippen molar-refractivity contribution in [3.63, 3.8) is 0 Å². The highest BCUT2D eigenvalue weighted by Gasteiger charge is 2.28. The number of piperazine rings is 1. The number of fused-ring (bicyclic) bond motifs is 2. The normalized spacial score (nSPS) is 20.6. The summed E-state index contributed by atoms with van der Waals surface area (Å²) in [7, 11) is 4.29. The van der Waals surface area contributed by atoms with Gasteiger partial charge >= 0.3 is 0 Å². The van der Waals surface area contributed by atoms with Crippen molar-refractivity contribution < 1.29 is 44.8 Å². The number of para-hydroxylation sites is 2. The first-order chi connectivity index (χ1) is 10.7. The molecule has 2 aliphatic heterocycles. The zero-order valence-corrected chi connectivity index (χ0v) is 15.7. The standard InChI is InChI=1S/C16H19N5O.2ClH.H2O/c1-19-7-9-21(10-8-19)15-11-13-16(18-17-15)22-14-6-4-3-5-12(14)20(13)2;;;/h3-6,11H,7-10H2,1-2H3;2*1H;1H2. The molecule has 0 unspecified atom stereocenters. The first-order valence-corrected chi connectivity index (χ1v) is 7.77. The van der Waals surface area contributed by atoms with Crippen molar-refractivity contribution in [1.82, 2.24) is 10.2 Å². The van der Waals surface area contributed by atoms with Gasteiger partial charge < -0.3 is 44.8 Å². The van der Waals surface area contributed by atoms with Gasteiger partial charge in [-0.2, -0.15) is 0 Å². The predicted molar refractivity (Wildman–Crippen MR) is 87.2 cm³/mol. The topological polar surface area (TPSA) is 78.6 Å². The third-order valence-corrected chi connectivity index (χ3v) is 4.61. The highest BCUT2D eigenvalue weighted by atomic mass is 35.5. The quantitative estimate of drug-likeness (QED) is 0.509. The molecule has 1 aromatic carbocycles. The summed E-state index contributed by atoms with van der Waals surface area (Å²) in [6, 6.07) is 10.1. The van der Waals surface area contributed by atoms with Gasteiger partial charge in [0.05, 0.1) is 18.8 Å². The second-order valence-corrected chi connectivity index (χ2v) is 6.11. The van der Waals surface area contributed by atoms with E-state index in [1.54, 1.807) is 4.90 Å². The number of nitrogens with zero attached hydrogens (tertiary/aromatic N) is 3. The highest BCUT2D eigenvalue weighted by Crippen LogP contribution is 2.44. The Balaban J connectivity index is 0.00000104. The molecule has 4 N–H and O–H groups in total. The van der Waals surface area contributed by atoms with Gasteiger partial charge in [-0.25, -0.2) is 0 Å². The van der Waals surface area contributed by atoms with Gasteiger partial charge in [-0.05, 0) is 12.1 Å². The fraction of sp³-hybridized carbons (Fsp3) is 0.375. The van der Waals surface area contributed by atoms with E-state index in [-0.39, 0.29) is 30.3 Å².